The van der Waals surface area contributed by atoms with E-state index < -0.39 is 0 Å². The number of hydrazine groups is 1. The Morgan fingerprint density at radius 3 is 3.05 bits per heavy atom. The monoisotopic (exact) mass is 264 g/mol. The Morgan fingerprint density at radius 1 is 1.30 bits per heavy atom. The third-order valence-corrected chi connectivity index (χ3v) is 3.88. The predicted molar refractivity (Wildman–Crippen MR) is 77.3 cm³/mol. The van der Waals surface area contributed by atoms with Crippen molar-refractivity contribution < 1.29 is 9.42 Å². The van der Waals surface area contributed by atoms with E-state index in [1.807, 2.05) is 24.3 Å². The van der Waals surface area contributed by atoms with E-state index in [4.69, 9.17) is 16.0 Å². The van der Waals surface area contributed by atoms with E-state index in [0.29, 0.717) is 11.5 Å². The minimum atomic E-state index is 0.00889. The molecule has 0 saturated carbocycles. The van der Waals surface area contributed by atoms with Crippen LogP contribution in [0, 0.1) is 11.3 Å². The van der Waals surface area contributed by atoms with Crippen LogP contribution >= 0.6 is 0 Å². The fraction of sp³-hybridized carbons (Fsp3) is 0.125. The largest absolute Gasteiger partial charge is 0.443 e. The fourth-order valence-electron chi connectivity index (χ4n) is 2.94. The lowest BCUT2D eigenvalue weighted by Gasteiger charge is -2.27. The van der Waals surface area contributed by atoms with E-state index in [1.165, 1.54) is 0 Å². The summed E-state index contributed by atoms with van der Waals surface area (Å²) in [6.07, 6.45) is 8.91. The van der Waals surface area contributed by atoms with E-state index in [1.54, 1.807) is 10.8 Å². The highest BCUT2D eigenvalue weighted by molar-refractivity contribution is 6.20. The summed E-state index contributed by atoms with van der Waals surface area (Å²) in [6.45, 7) is 0. The summed E-state index contributed by atoms with van der Waals surface area (Å²) >= 11 is 0. The van der Waals surface area contributed by atoms with Gasteiger partial charge in [0.05, 0.1) is 11.6 Å². The minimum absolute atomic E-state index is 0.00889. The number of nitrogens with two attached hydrogens (primary N) is 1. The molecule has 1 aromatic rings. The van der Waals surface area contributed by atoms with Crippen molar-refractivity contribution in [1.29, 1.82) is 5.41 Å². The number of hydrogen-bond acceptors (Lipinski definition) is 3. The Kier molecular flexibility index (Phi) is 2.21. The van der Waals surface area contributed by atoms with Gasteiger partial charge in [-0.25, -0.2) is 5.84 Å². The molecule has 0 fully saturated rings. The molecule has 4 heteroatoms. The van der Waals surface area contributed by atoms with Crippen LogP contribution in [0.4, 0.5) is 5.69 Å². The molecule has 4 rings (SSSR count). The quantitative estimate of drug-likeness (QED) is 0.429. The summed E-state index contributed by atoms with van der Waals surface area (Å²) in [5.41, 5.74) is 3.27. The molecule has 1 atom stereocenters. The first-order valence-corrected chi connectivity index (χ1v) is 6.62. The lowest BCUT2D eigenvalue weighted by Crippen LogP contribution is -2.40. The number of benzene rings is 1. The fourth-order valence-corrected chi connectivity index (χ4v) is 2.94. The Labute approximate surface area is 116 Å². The Hall–Kier alpha value is -2.62. The second-order valence-corrected chi connectivity index (χ2v) is 5.05. The van der Waals surface area contributed by atoms with E-state index in [0.717, 1.165) is 29.1 Å². The molecule has 4 nitrogen and oxygen atoms in total. The maximum absolute atomic E-state index is 8.16. The molecule has 0 saturated heterocycles. The van der Waals surface area contributed by atoms with Gasteiger partial charge in [0.1, 0.15) is 0 Å². The zero-order valence-electron chi connectivity index (χ0n) is 10.8. The van der Waals surface area contributed by atoms with Crippen LogP contribution in [0.15, 0.2) is 59.9 Å². The van der Waals surface area contributed by atoms with Crippen LogP contribution in [-0.4, -0.2) is 16.1 Å². The molecule has 1 unspecified atom stereocenters. The highest BCUT2D eigenvalue weighted by atomic mass is 16.5. The zero-order valence-corrected chi connectivity index (χ0v) is 10.8. The number of rotatable bonds is 0. The number of nitrogens with zero attached hydrogens (tertiary/aromatic N) is 1. The first kappa shape index (κ1) is 11.2. The molecule has 0 amide bonds. The highest BCUT2D eigenvalue weighted by Crippen LogP contribution is 2.38. The Bertz CT molecular complexity index is 753. The minimum Gasteiger partial charge on any atom is -0.443 e. The summed E-state index contributed by atoms with van der Waals surface area (Å²) in [7, 11) is 0. The van der Waals surface area contributed by atoms with Gasteiger partial charge in [-0.2, -0.15) is 0 Å². The average Bonchev–Trinajstić information content (AvgIpc) is 2.47. The van der Waals surface area contributed by atoms with Gasteiger partial charge in [-0.3, -0.25) is 0 Å². The lowest BCUT2D eigenvalue weighted by molar-refractivity contribution is -0.457. The van der Waals surface area contributed by atoms with Gasteiger partial charge in [-0.15, -0.1) is 0 Å². The van der Waals surface area contributed by atoms with Crippen molar-refractivity contribution in [1.82, 2.24) is 0 Å². The average molecular weight is 264 g/mol. The van der Waals surface area contributed by atoms with Crippen molar-refractivity contribution in [2.24, 2.45) is 11.8 Å². The number of allylic oxidation sites excluding steroid dienone is 6. The van der Waals surface area contributed by atoms with E-state index in [9.17, 15) is 0 Å². The SMILES string of the molecule is N=C1C=C2Oc3ccccc3[N+](N)=C2C2C=CCC=C12. The lowest BCUT2D eigenvalue weighted by atomic mass is 9.81. The first-order chi connectivity index (χ1) is 9.75. The smallest absolute Gasteiger partial charge is 0.277 e. The highest BCUT2D eigenvalue weighted by Gasteiger charge is 2.42. The van der Waals surface area contributed by atoms with Gasteiger partial charge < -0.3 is 10.1 Å². The van der Waals surface area contributed by atoms with Gasteiger partial charge in [0.2, 0.25) is 5.75 Å². The summed E-state index contributed by atoms with van der Waals surface area (Å²) < 4.78 is 7.61. The number of hydrazone groups is 1. The van der Waals surface area contributed by atoms with Gasteiger partial charge in [0.25, 0.3) is 11.4 Å². The summed E-state index contributed by atoms with van der Waals surface area (Å²) in [5.74, 6) is 7.70. The molecule has 0 radical (unpaired) electrons. The summed E-state index contributed by atoms with van der Waals surface area (Å²) in [6, 6.07) is 7.68. The standard InChI is InChI=1S/C16H14N3O/c17-12-9-15-16(11-6-2-1-5-10(11)12)19(18)13-7-3-4-8-14(13)20-15/h2-9,11,17H,1,18H2/q+1. The third-order valence-electron chi connectivity index (χ3n) is 3.88. The molecular formula is C16H14N3O+. The summed E-state index contributed by atoms with van der Waals surface area (Å²) in [5, 5.41) is 8.16. The molecule has 2 aliphatic carbocycles. The van der Waals surface area contributed by atoms with Crippen molar-refractivity contribution >= 4 is 17.1 Å². The van der Waals surface area contributed by atoms with Gasteiger partial charge >= 0.3 is 0 Å². The van der Waals surface area contributed by atoms with Crippen molar-refractivity contribution in [3.05, 3.63) is 59.9 Å². The van der Waals surface area contributed by atoms with E-state index in [-0.39, 0.29) is 5.92 Å². The molecule has 0 aromatic heterocycles. The van der Waals surface area contributed by atoms with Gasteiger partial charge in [-0.05, 0) is 18.1 Å². The van der Waals surface area contributed by atoms with Gasteiger partial charge in [-0.1, -0.05) is 35.0 Å². The number of nitrogens with one attached hydrogen (secondary N) is 1. The maximum atomic E-state index is 8.16. The molecule has 1 heterocycles. The number of ether oxygens (including phenoxy) is 1. The van der Waals surface area contributed by atoms with Gasteiger partial charge in [0, 0.05) is 12.1 Å². The Morgan fingerprint density at radius 2 is 2.15 bits per heavy atom. The van der Waals surface area contributed by atoms with E-state index in [2.05, 4.69) is 18.2 Å². The van der Waals surface area contributed by atoms with Crippen molar-refractivity contribution in [2.75, 3.05) is 0 Å². The molecule has 0 spiro atoms. The molecule has 0 bridgehead atoms. The van der Waals surface area contributed by atoms with Crippen molar-refractivity contribution in [2.45, 2.75) is 6.42 Å². The van der Waals surface area contributed by atoms with Crippen LogP contribution in [0.3, 0.4) is 0 Å². The zero-order chi connectivity index (χ0) is 13.7. The predicted octanol–water partition coefficient (Wildman–Crippen LogP) is 2.46. The third kappa shape index (κ3) is 1.42. The first-order valence-electron chi connectivity index (χ1n) is 6.62. The molecule has 1 aromatic carbocycles. The van der Waals surface area contributed by atoms with Gasteiger partial charge in [0.15, 0.2) is 5.76 Å². The number of para-hydroxylation sites is 2. The topological polar surface area (TPSA) is 62.1 Å². The second kappa shape index (κ2) is 3.93. The van der Waals surface area contributed by atoms with Crippen LogP contribution in [0.2, 0.25) is 0 Å². The number of hydrogen-bond donors (Lipinski definition) is 2. The van der Waals surface area contributed by atoms with Crippen LogP contribution in [0.5, 0.6) is 5.75 Å². The molecule has 20 heavy (non-hydrogen) atoms. The van der Waals surface area contributed by atoms with Crippen LogP contribution in [-0.2, 0) is 0 Å². The molecule has 3 N–H and O–H groups in total. The van der Waals surface area contributed by atoms with Crippen molar-refractivity contribution in [3.8, 4) is 5.75 Å². The summed E-state index contributed by atoms with van der Waals surface area (Å²) in [4.78, 5) is 0. The second-order valence-electron chi connectivity index (χ2n) is 5.05. The maximum Gasteiger partial charge on any atom is 0.277 e. The van der Waals surface area contributed by atoms with Crippen LogP contribution in [0.1, 0.15) is 6.42 Å². The molecule has 1 aliphatic heterocycles. The molecular weight excluding hydrogens is 250 g/mol. The number of fused-ring (bicyclic) bond motifs is 4. The van der Waals surface area contributed by atoms with Crippen molar-refractivity contribution in [3.63, 3.8) is 0 Å². The normalized spacial score (nSPS) is 23.2. The Balaban J connectivity index is 1.99. The van der Waals surface area contributed by atoms with Crippen LogP contribution in [0.25, 0.3) is 0 Å². The van der Waals surface area contributed by atoms with Crippen LogP contribution < -0.4 is 10.6 Å². The molecule has 98 valence electrons. The van der Waals surface area contributed by atoms with E-state index >= 15 is 0 Å². The molecule has 3 aliphatic rings.